The number of benzene rings is 1. The van der Waals surface area contributed by atoms with Crippen LogP contribution in [0.15, 0.2) is 36.4 Å². The molecule has 2 aliphatic rings. The zero-order chi connectivity index (χ0) is 18.6. The van der Waals surface area contributed by atoms with Crippen molar-refractivity contribution in [1.29, 1.82) is 0 Å². The molecule has 2 aliphatic heterocycles. The maximum atomic E-state index is 12.4. The fraction of sp³-hybridized carbons (Fsp3) is 0.550. The molecule has 2 fully saturated rings. The average molecular weight is 377 g/mol. The second-order valence-corrected chi connectivity index (χ2v) is 9.57. The van der Waals surface area contributed by atoms with Gasteiger partial charge in [0.2, 0.25) is 15.9 Å². The minimum absolute atomic E-state index is 0.0457. The third kappa shape index (κ3) is 4.35. The normalized spacial score (nSPS) is 21.1. The van der Waals surface area contributed by atoms with Gasteiger partial charge in [0.1, 0.15) is 0 Å². The van der Waals surface area contributed by atoms with E-state index in [9.17, 15) is 13.2 Å². The predicted octanol–water partition coefficient (Wildman–Crippen LogP) is 2.75. The number of likely N-dealkylation sites (tertiary alicyclic amines) is 1. The van der Waals surface area contributed by atoms with Crippen molar-refractivity contribution >= 4 is 22.0 Å². The van der Waals surface area contributed by atoms with Crippen LogP contribution in [0.4, 0.5) is 0 Å². The number of hydrogen-bond acceptors (Lipinski definition) is 3. The van der Waals surface area contributed by atoms with Crippen molar-refractivity contribution in [2.24, 2.45) is 5.41 Å². The molecule has 1 aromatic carbocycles. The molecule has 0 atom stereocenters. The van der Waals surface area contributed by atoms with Crippen LogP contribution in [0.2, 0.25) is 0 Å². The highest BCUT2D eigenvalue weighted by atomic mass is 32.2. The Balaban J connectivity index is 1.56. The molecular weight excluding hydrogens is 348 g/mol. The van der Waals surface area contributed by atoms with E-state index in [-0.39, 0.29) is 17.1 Å². The first-order chi connectivity index (χ1) is 12.4. The molecule has 2 heterocycles. The molecule has 142 valence electrons. The lowest BCUT2D eigenvalue weighted by Crippen LogP contribution is -2.44. The summed E-state index contributed by atoms with van der Waals surface area (Å²) in [6.07, 6.45) is 6.82. The second kappa shape index (κ2) is 7.92. The number of carbonyl (C=O) groups is 1. The van der Waals surface area contributed by atoms with Gasteiger partial charge in [0.25, 0.3) is 0 Å². The van der Waals surface area contributed by atoms with Crippen LogP contribution >= 0.6 is 0 Å². The van der Waals surface area contributed by atoms with E-state index < -0.39 is 10.0 Å². The van der Waals surface area contributed by atoms with Gasteiger partial charge in [-0.25, -0.2) is 12.7 Å². The van der Waals surface area contributed by atoms with Gasteiger partial charge in [-0.05, 0) is 30.2 Å². The maximum absolute atomic E-state index is 12.4. The zero-order valence-electron chi connectivity index (χ0n) is 15.4. The van der Waals surface area contributed by atoms with Crippen LogP contribution in [-0.2, 0) is 14.8 Å². The van der Waals surface area contributed by atoms with Gasteiger partial charge in [-0.2, -0.15) is 0 Å². The van der Waals surface area contributed by atoms with Crippen LogP contribution in [0.3, 0.4) is 0 Å². The summed E-state index contributed by atoms with van der Waals surface area (Å²) >= 11 is 0. The van der Waals surface area contributed by atoms with Gasteiger partial charge in [-0.1, -0.05) is 49.4 Å². The van der Waals surface area contributed by atoms with Crippen molar-refractivity contribution in [2.75, 3.05) is 31.9 Å². The molecule has 0 N–H and O–H groups in total. The van der Waals surface area contributed by atoms with E-state index in [1.807, 2.05) is 54.3 Å². The fourth-order valence-corrected chi connectivity index (χ4v) is 5.50. The molecule has 26 heavy (non-hydrogen) atoms. The van der Waals surface area contributed by atoms with E-state index in [2.05, 4.69) is 0 Å². The molecule has 6 heteroatoms. The summed E-state index contributed by atoms with van der Waals surface area (Å²) < 4.78 is 26.1. The molecule has 1 aromatic rings. The fourth-order valence-electron chi connectivity index (χ4n) is 3.99. The minimum atomic E-state index is -3.13. The van der Waals surface area contributed by atoms with Crippen LogP contribution in [0.5, 0.6) is 0 Å². The lowest BCUT2D eigenvalue weighted by atomic mass is 9.78. The number of nitrogens with zero attached hydrogens (tertiary/aromatic N) is 2. The third-order valence-electron chi connectivity index (χ3n) is 5.48. The summed E-state index contributed by atoms with van der Waals surface area (Å²) in [4.78, 5) is 14.3. The van der Waals surface area contributed by atoms with E-state index in [1.165, 1.54) is 0 Å². The Morgan fingerprint density at radius 2 is 1.85 bits per heavy atom. The van der Waals surface area contributed by atoms with E-state index in [1.54, 1.807) is 4.31 Å². The van der Waals surface area contributed by atoms with Crippen molar-refractivity contribution in [3.8, 4) is 0 Å². The summed E-state index contributed by atoms with van der Waals surface area (Å²) in [6, 6.07) is 10.1. The largest absolute Gasteiger partial charge is 0.338 e. The Hall–Kier alpha value is -1.66. The Bertz CT molecular complexity index is 751. The molecule has 0 radical (unpaired) electrons. The molecule has 1 spiro atoms. The number of rotatable bonds is 6. The Kier molecular flexibility index (Phi) is 5.82. The molecule has 0 saturated carbocycles. The lowest BCUT2D eigenvalue weighted by Gasteiger charge is -2.38. The quantitative estimate of drug-likeness (QED) is 0.767. The molecule has 1 amide bonds. The summed E-state index contributed by atoms with van der Waals surface area (Å²) in [5.74, 6) is 0.405. The highest BCUT2D eigenvalue weighted by Gasteiger charge is 2.45. The van der Waals surface area contributed by atoms with Gasteiger partial charge in [-0.15, -0.1) is 0 Å². The number of amides is 1. The van der Waals surface area contributed by atoms with Crippen LogP contribution < -0.4 is 0 Å². The Labute approximate surface area is 156 Å². The van der Waals surface area contributed by atoms with Gasteiger partial charge >= 0.3 is 0 Å². The Morgan fingerprint density at radius 1 is 1.15 bits per heavy atom. The predicted molar refractivity (Wildman–Crippen MR) is 104 cm³/mol. The number of carbonyl (C=O) groups excluding carboxylic acids is 1. The van der Waals surface area contributed by atoms with Gasteiger partial charge in [0, 0.05) is 32.6 Å². The van der Waals surface area contributed by atoms with E-state index in [0.29, 0.717) is 32.5 Å². The topological polar surface area (TPSA) is 57.7 Å². The maximum Gasteiger partial charge on any atom is 0.223 e. The highest BCUT2D eigenvalue weighted by Crippen LogP contribution is 2.41. The SMILES string of the molecule is CCCS(=O)(=O)N1CCC2(CC1)CC(=O)N(C/C=C/c1ccccc1)C2. The van der Waals surface area contributed by atoms with Crippen molar-refractivity contribution in [3.63, 3.8) is 0 Å². The first-order valence-electron chi connectivity index (χ1n) is 9.41. The molecule has 2 saturated heterocycles. The van der Waals surface area contributed by atoms with E-state index in [4.69, 9.17) is 0 Å². The second-order valence-electron chi connectivity index (χ2n) is 7.48. The molecule has 0 aromatic heterocycles. The minimum Gasteiger partial charge on any atom is -0.338 e. The van der Waals surface area contributed by atoms with Gasteiger partial charge in [0.05, 0.1) is 5.75 Å². The number of sulfonamides is 1. The van der Waals surface area contributed by atoms with Crippen LogP contribution in [0.1, 0.15) is 38.2 Å². The first-order valence-corrected chi connectivity index (χ1v) is 11.0. The summed E-state index contributed by atoms with van der Waals surface area (Å²) in [5, 5.41) is 0. The Morgan fingerprint density at radius 3 is 2.50 bits per heavy atom. The van der Waals surface area contributed by atoms with Gasteiger partial charge < -0.3 is 4.90 Å². The van der Waals surface area contributed by atoms with Crippen molar-refractivity contribution in [3.05, 3.63) is 42.0 Å². The smallest absolute Gasteiger partial charge is 0.223 e. The van der Waals surface area contributed by atoms with E-state index >= 15 is 0 Å². The summed E-state index contributed by atoms with van der Waals surface area (Å²) in [5.41, 5.74) is 1.08. The third-order valence-corrected chi connectivity index (χ3v) is 7.56. The van der Waals surface area contributed by atoms with Crippen LogP contribution in [-0.4, -0.2) is 55.5 Å². The zero-order valence-corrected chi connectivity index (χ0v) is 16.2. The lowest BCUT2D eigenvalue weighted by molar-refractivity contribution is -0.127. The van der Waals surface area contributed by atoms with Crippen molar-refractivity contribution < 1.29 is 13.2 Å². The van der Waals surface area contributed by atoms with Crippen LogP contribution in [0, 0.1) is 5.41 Å². The molecule has 0 aliphatic carbocycles. The van der Waals surface area contributed by atoms with Crippen molar-refractivity contribution in [2.45, 2.75) is 32.6 Å². The van der Waals surface area contributed by atoms with Crippen LogP contribution in [0.25, 0.3) is 6.08 Å². The highest BCUT2D eigenvalue weighted by molar-refractivity contribution is 7.89. The monoisotopic (exact) mass is 376 g/mol. The number of piperidine rings is 1. The molecule has 5 nitrogen and oxygen atoms in total. The van der Waals surface area contributed by atoms with Gasteiger partial charge in [-0.3, -0.25) is 4.79 Å². The first kappa shape index (κ1) is 19.1. The number of hydrogen-bond donors (Lipinski definition) is 0. The molecular formula is C20H28N2O3S. The van der Waals surface area contributed by atoms with Crippen molar-refractivity contribution in [1.82, 2.24) is 9.21 Å². The summed E-state index contributed by atoms with van der Waals surface area (Å²) in [6.45, 7) is 4.34. The average Bonchev–Trinajstić information content (AvgIpc) is 2.91. The molecule has 0 bridgehead atoms. The molecule has 3 rings (SSSR count). The molecule has 0 unspecified atom stereocenters. The van der Waals surface area contributed by atoms with E-state index in [0.717, 1.165) is 24.9 Å². The summed E-state index contributed by atoms with van der Waals surface area (Å²) in [7, 11) is -3.13. The standard InChI is InChI=1S/C20H28N2O3S/c1-2-15-26(24,25)22-13-10-20(11-14-22)16-19(23)21(17-20)12-6-9-18-7-4-3-5-8-18/h3-9H,2,10-17H2,1H3/b9-6+. The van der Waals surface area contributed by atoms with Gasteiger partial charge in [0.15, 0.2) is 0 Å².